The van der Waals surface area contributed by atoms with Gasteiger partial charge in [0.1, 0.15) is 0 Å². The van der Waals surface area contributed by atoms with Crippen LogP contribution in [-0.2, 0) is 6.54 Å². The minimum atomic E-state index is 0. The molecule has 1 aromatic carbocycles. The summed E-state index contributed by atoms with van der Waals surface area (Å²) in [4.78, 5) is 4.31. The van der Waals surface area contributed by atoms with Gasteiger partial charge in [0.2, 0.25) is 0 Å². The molecule has 0 bridgehead atoms. The maximum atomic E-state index is 4.31. The lowest BCUT2D eigenvalue weighted by atomic mass is 10.3. The van der Waals surface area contributed by atoms with Gasteiger partial charge in [-0.05, 0) is 19.2 Å². The molecule has 1 N–H and O–H groups in total. The van der Waals surface area contributed by atoms with Crippen LogP contribution in [0.1, 0.15) is 0 Å². The number of likely N-dealkylation sites (N-methyl/N-ethyl adjacent to an activating group) is 1. The fourth-order valence-corrected chi connectivity index (χ4v) is 1.42. The molecule has 0 aliphatic carbocycles. The second-order valence-corrected chi connectivity index (χ2v) is 3.03. The summed E-state index contributed by atoms with van der Waals surface area (Å²) in [5.41, 5.74) is 2.27. The molecule has 3 nitrogen and oxygen atoms in total. The summed E-state index contributed by atoms with van der Waals surface area (Å²) in [6.45, 7) is 1.94. The number of nitrogens with one attached hydrogen (secondary N) is 1. The molecule has 14 heavy (non-hydrogen) atoms. The minimum Gasteiger partial charge on any atom is -0.329 e. The van der Waals surface area contributed by atoms with Crippen molar-refractivity contribution in [3.63, 3.8) is 0 Å². The third-order valence-electron chi connectivity index (χ3n) is 2.13. The van der Waals surface area contributed by atoms with Crippen LogP contribution in [0, 0.1) is 0 Å². The lowest BCUT2D eigenvalue weighted by Crippen LogP contribution is -2.14. The summed E-state index contributed by atoms with van der Waals surface area (Å²) < 4.78 is 2.16. The van der Waals surface area contributed by atoms with Gasteiger partial charge in [-0.3, -0.25) is 0 Å². The fourth-order valence-electron chi connectivity index (χ4n) is 1.42. The first-order valence-electron chi connectivity index (χ1n) is 4.46. The van der Waals surface area contributed by atoms with E-state index in [2.05, 4.69) is 20.9 Å². The fraction of sp³-hybridized carbons (Fsp3) is 0.300. The number of hydrogen-bond donors (Lipinski definition) is 1. The number of rotatable bonds is 3. The Morgan fingerprint density at radius 1 is 1.36 bits per heavy atom. The van der Waals surface area contributed by atoms with Gasteiger partial charge < -0.3 is 9.88 Å². The van der Waals surface area contributed by atoms with Gasteiger partial charge in [0.25, 0.3) is 0 Å². The van der Waals surface area contributed by atoms with Crippen molar-refractivity contribution in [2.75, 3.05) is 13.6 Å². The number of aromatic nitrogens is 2. The van der Waals surface area contributed by atoms with Crippen molar-refractivity contribution in [3.05, 3.63) is 30.6 Å². The van der Waals surface area contributed by atoms with E-state index in [1.807, 2.05) is 31.6 Å². The first-order valence-corrected chi connectivity index (χ1v) is 4.46. The molecule has 2 aromatic rings. The second kappa shape index (κ2) is 4.98. The second-order valence-electron chi connectivity index (χ2n) is 3.03. The van der Waals surface area contributed by atoms with Crippen LogP contribution in [0.4, 0.5) is 0 Å². The summed E-state index contributed by atoms with van der Waals surface area (Å²) in [5, 5.41) is 3.12. The quantitative estimate of drug-likeness (QED) is 0.837. The summed E-state index contributed by atoms with van der Waals surface area (Å²) in [7, 11) is 1.96. The molecule has 1 aromatic heterocycles. The molecule has 0 amide bonds. The Kier molecular flexibility index (Phi) is 3.92. The number of imidazole rings is 1. The number of halogens is 1. The van der Waals surface area contributed by atoms with Crippen LogP contribution in [-0.4, -0.2) is 23.1 Å². The highest BCUT2D eigenvalue weighted by Gasteiger charge is 1.98. The molecule has 0 aliphatic rings. The Morgan fingerprint density at radius 2 is 2.14 bits per heavy atom. The van der Waals surface area contributed by atoms with E-state index in [0.29, 0.717) is 0 Å². The van der Waals surface area contributed by atoms with E-state index >= 15 is 0 Å². The summed E-state index contributed by atoms with van der Waals surface area (Å²) >= 11 is 0. The van der Waals surface area contributed by atoms with Gasteiger partial charge in [-0.2, -0.15) is 0 Å². The standard InChI is InChI=1S/C10H13N3.ClH/c1-11-6-7-13-8-12-9-4-2-3-5-10(9)13;/h2-5,8,11H,6-7H2,1H3;1H. The van der Waals surface area contributed by atoms with Crippen LogP contribution >= 0.6 is 12.4 Å². The van der Waals surface area contributed by atoms with Crippen molar-refractivity contribution in [3.8, 4) is 0 Å². The predicted molar refractivity (Wildman–Crippen MR) is 60.9 cm³/mol. The maximum Gasteiger partial charge on any atom is 0.0958 e. The van der Waals surface area contributed by atoms with Crippen molar-refractivity contribution < 1.29 is 0 Å². The molecular weight excluding hydrogens is 198 g/mol. The van der Waals surface area contributed by atoms with Crippen molar-refractivity contribution in [1.29, 1.82) is 0 Å². The molecule has 2 rings (SSSR count). The largest absolute Gasteiger partial charge is 0.329 e. The van der Waals surface area contributed by atoms with Gasteiger partial charge in [0.05, 0.1) is 17.4 Å². The Hall–Kier alpha value is -1.06. The molecule has 0 atom stereocenters. The van der Waals surface area contributed by atoms with E-state index in [4.69, 9.17) is 0 Å². The van der Waals surface area contributed by atoms with E-state index in [0.717, 1.165) is 18.6 Å². The van der Waals surface area contributed by atoms with Gasteiger partial charge in [0, 0.05) is 13.1 Å². The van der Waals surface area contributed by atoms with Crippen molar-refractivity contribution in [1.82, 2.24) is 14.9 Å². The zero-order valence-electron chi connectivity index (χ0n) is 8.10. The predicted octanol–water partition coefficient (Wildman–Crippen LogP) is 1.68. The molecule has 0 spiro atoms. The molecule has 0 saturated carbocycles. The summed E-state index contributed by atoms with van der Waals surface area (Å²) in [5.74, 6) is 0. The normalized spacial score (nSPS) is 10.1. The smallest absolute Gasteiger partial charge is 0.0958 e. The van der Waals surface area contributed by atoms with Crippen LogP contribution < -0.4 is 5.32 Å². The Balaban J connectivity index is 0.000000980. The topological polar surface area (TPSA) is 29.9 Å². The van der Waals surface area contributed by atoms with E-state index in [9.17, 15) is 0 Å². The Morgan fingerprint density at radius 3 is 2.93 bits per heavy atom. The summed E-state index contributed by atoms with van der Waals surface area (Å²) in [6.07, 6.45) is 1.89. The maximum absolute atomic E-state index is 4.31. The summed E-state index contributed by atoms with van der Waals surface area (Å²) in [6, 6.07) is 8.18. The number of fused-ring (bicyclic) bond motifs is 1. The molecule has 76 valence electrons. The van der Waals surface area contributed by atoms with Crippen LogP contribution in [0.2, 0.25) is 0 Å². The minimum absolute atomic E-state index is 0. The first kappa shape index (κ1) is 11.0. The highest BCUT2D eigenvalue weighted by molar-refractivity contribution is 5.85. The monoisotopic (exact) mass is 211 g/mol. The van der Waals surface area contributed by atoms with Gasteiger partial charge in [0.15, 0.2) is 0 Å². The average molecular weight is 212 g/mol. The molecule has 0 radical (unpaired) electrons. The van der Waals surface area contributed by atoms with E-state index in [-0.39, 0.29) is 12.4 Å². The van der Waals surface area contributed by atoms with E-state index < -0.39 is 0 Å². The molecule has 1 heterocycles. The van der Waals surface area contributed by atoms with Crippen molar-refractivity contribution >= 4 is 23.4 Å². The van der Waals surface area contributed by atoms with Crippen LogP contribution in [0.15, 0.2) is 30.6 Å². The first-order chi connectivity index (χ1) is 6.42. The van der Waals surface area contributed by atoms with E-state index in [1.165, 1.54) is 5.52 Å². The number of nitrogens with zero attached hydrogens (tertiary/aromatic N) is 2. The molecule has 0 saturated heterocycles. The highest BCUT2D eigenvalue weighted by atomic mass is 35.5. The molecule has 0 unspecified atom stereocenters. The molecule has 0 fully saturated rings. The van der Waals surface area contributed by atoms with Gasteiger partial charge >= 0.3 is 0 Å². The van der Waals surface area contributed by atoms with Gasteiger partial charge in [-0.15, -0.1) is 12.4 Å². The SMILES string of the molecule is CNCCn1cnc2ccccc21.Cl. The van der Waals surface area contributed by atoms with Crippen LogP contribution in [0.5, 0.6) is 0 Å². The average Bonchev–Trinajstić information content (AvgIpc) is 2.58. The zero-order chi connectivity index (χ0) is 9.10. The Labute approximate surface area is 89.5 Å². The zero-order valence-corrected chi connectivity index (χ0v) is 8.92. The highest BCUT2D eigenvalue weighted by Crippen LogP contribution is 2.10. The number of benzene rings is 1. The molecule has 0 aliphatic heterocycles. The van der Waals surface area contributed by atoms with Crippen molar-refractivity contribution in [2.45, 2.75) is 6.54 Å². The Bertz CT molecular complexity index is 397. The number of hydrogen-bond acceptors (Lipinski definition) is 2. The molecule has 4 heteroatoms. The van der Waals surface area contributed by atoms with Gasteiger partial charge in [-0.25, -0.2) is 4.98 Å². The lowest BCUT2D eigenvalue weighted by molar-refractivity contribution is 0.658. The third-order valence-corrected chi connectivity index (χ3v) is 2.13. The van der Waals surface area contributed by atoms with Crippen LogP contribution in [0.25, 0.3) is 11.0 Å². The van der Waals surface area contributed by atoms with E-state index in [1.54, 1.807) is 0 Å². The molecular formula is C10H14ClN3. The van der Waals surface area contributed by atoms with Crippen LogP contribution in [0.3, 0.4) is 0 Å². The number of para-hydroxylation sites is 2. The third kappa shape index (κ3) is 2.05. The van der Waals surface area contributed by atoms with Gasteiger partial charge in [-0.1, -0.05) is 12.1 Å². The lowest BCUT2D eigenvalue weighted by Gasteiger charge is -2.02. The van der Waals surface area contributed by atoms with Crippen molar-refractivity contribution in [2.24, 2.45) is 0 Å².